The molecule has 0 fully saturated rings. The highest BCUT2D eigenvalue weighted by atomic mass is 79.9. The molecule has 0 aliphatic carbocycles. The molecule has 17 heavy (non-hydrogen) atoms. The second-order valence-electron chi connectivity index (χ2n) is 4.24. The lowest BCUT2D eigenvalue weighted by Crippen LogP contribution is -2.18. The van der Waals surface area contributed by atoms with Gasteiger partial charge in [-0.1, -0.05) is 22.0 Å². The quantitative estimate of drug-likeness (QED) is 0.886. The Balaban J connectivity index is 2.22. The number of nitrogens with one attached hydrogen (secondary N) is 1. The standard InChI is InChI=1S/C14H16BrNS/c1-10-5-12(8-13(15)6-10)14(16-2)7-11-3-4-17-9-11/h3-6,8-9,14,16H,7H2,1-2H3. The van der Waals surface area contributed by atoms with E-state index in [1.165, 1.54) is 16.7 Å². The zero-order valence-corrected chi connectivity index (χ0v) is 12.4. The van der Waals surface area contributed by atoms with E-state index in [0.29, 0.717) is 6.04 Å². The number of halogens is 1. The number of thiophene rings is 1. The van der Waals surface area contributed by atoms with Crippen LogP contribution < -0.4 is 5.32 Å². The van der Waals surface area contributed by atoms with Crippen LogP contribution in [-0.2, 0) is 6.42 Å². The summed E-state index contributed by atoms with van der Waals surface area (Å²) in [4.78, 5) is 0. The summed E-state index contributed by atoms with van der Waals surface area (Å²) in [5, 5.41) is 7.75. The predicted octanol–water partition coefficient (Wildman–Crippen LogP) is 4.32. The summed E-state index contributed by atoms with van der Waals surface area (Å²) in [5.74, 6) is 0. The van der Waals surface area contributed by atoms with Crippen LogP contribution in [0.2, 0.25) is 0 Å². The van der Waals surface area contributed by atoms with Crippen LogP contribution in [-0.4, -0.2) is 7.05 Å². The molecule has 1 unspecified atom stereocenters. The van der Waals surface area contributed by atoms with Gasteiger partial charge in [0.05, 0.1) is 0 Å². The van der Waals surface area contributed by atoms with Crippen LogP contribution in [0, 0.1) is 6.92 Å². The van der Waals surface area contributed by atoms with Crippen LogP contribution in [0.3, 0.4) is 0 Å². The second-order valence-corrected chi connectivity index (χ2v) is 5.93. The molecule has 90 valence electrons. The molecule has 1 nitrogen and oxygen atoms in total. The number of rotatable bonds is 4. The zero-order valence-electron chi connectivity index (χ0n) is 10.0. The summed E-state index contributed by atoms with van der Waals surface area (Å²) in [6, 6.07) is 9.15. The smallest absolute Gasteiger partial charge is 0.0359 e. The van der Waals surface area contributed by atoms with Gasteiger partial charge in [-0.2, -0.15) is 11.3 Å². The first-order valence-corrected chi connectivity index (χ1v) is 7.38. The molecule has 0 saturated heterocycles. The van der Waals surface area contributed by atoms with Gasteiger partial charge in [0, 0.05) is 10.5 Å². The first-order chi connectivity index (χ1) is 8.19. The summed E-state index contributed by atoms with van der Waals surface area (Å²) in [7, 11) is 2.02. The Morgan fingerprint density at radius 3 is 2.76 bits per heavy atom. The first kappa shape index (κ1) is 12.8. The molecule has 0 saturated carbocycles. The van der Waals surface area contributed by atoms with Crippen molar-refractivity contribution in [3.8, 4) is 0 Å². The topological polar surface area (TPSA) is 12.0 Å². The van der Waals surface area contributed by atoms with Crippen molar-refractivity contribution in [2.45, 2.75) is 19.4 Å². The van der Waals surface area contributed by atoms with E-state index in [1.54, 1.807) is 11.3 Å². The highest BCUT2D eigenvalue weighted by molar-refractivity contribution is 9.10. The Morgan fingerprint density at radius 1 is 1.35 bits per heavy atom. The Kier molecular flexibility index (Phi) is 4.37. The van der Waals surface area contributed by atoms with Gasteiger partial charge >= 0.3 is 0 Å². The fraction of sp³-hybridized carbons (Fsp3) is 0.286. The van der Waals surface area contributed by atoms with E-state index in [4.69, 9.17) is 0 Å². The largest absolute Gasteiger partial charge is 0.313 e. The van der Waals surface area contributed by atoms with Crippen molar-refractivity contribution in [3.63, 3.8) is 0 Å². The highest BCUT2D eigenvalue weighted by Crippen LogP contribution is 2.24. The maximum absolute atomic E-state index is 3.56. The van der Waals surface area contributed by atoms with Gasteiger partial charge < -0.3 is 5.32 Å². The Morgan fingerprint density at radius 2 is 2.18 bits per heavy atom. The highest BCUT2D eigenvalue weighted by Gasteiger charge is 2.11. The van der Waals surface area contributed by atoms with Crippen LogP contribution in [0.5, 0.6) is 0 Å². The Bertz CT molecular complexity index is 459. The molecule has 1 aromatic carbocycles. The average Bonchev–Trinajstić information content (AvgIpc) is 2.77. The van der Waals surface area contributed by atoms with Gasteiger partial charge in [-0.15, -0.1) is 0 Å². The van der Waals surface area contributed by atoms with E-state index in [1.807, 2.05) is 7.05 Å². The number of aryl methyl sites for hydroxylation is 1. The second kappa shape index (κ2) is 5.80. The third kappa shape index (κ3) is 3.41. The van der Waals surface area contributed by atoms with Crippen molar-refractivity contribution < 1.29 is 0 Å². The van der Waals surface area contributed by atoms with Crippen molar-refractivity contribution in [2.24, 2.45) is 0 Å². The lowest BCUT2D eigenvalue weighted by atomic mass is 9.99. The monoisotopic (exact) mass is 309 g/mol. The van der Waals surface area contributed by atoms with Crippen LogP contribution in [0.1, 0.15) is 22.7 Å². The molecule has 0 amide bonds. The van der Waals surface area contributed by atoms with Crippen molar-refractivity contribution in [3.05, 3.63) is 56.2 Å². The molecule has 0 bridgehead atoms. The Hall–Kier alpha value is -0.640. The van der Waals surface area contributed by atoms with Gasteiger partial charge in [-0.25, -0.2) is 0 Å². The summed E-state index contributed by atoms with van der Waals surface area (Å²) in [6.45, 7) is 2.13. The third-order valence-corrected chi connectivity index (χ3v) is 4.03. The van der Waals surface area contributed by atoms with E-state index in [9.17, 15) is 0 Å². The first-order valence-electron chi connectivity index (χ1n) is 5.64. The summed E-state index contributed by atoms with van der Waals surface area (Å²) in [5.41, 5.74) is 4.03. The summed E-state index contributed by atoms with van der Waals surface area (Å²) in [6.07, 6.45) is 1.04. The van der Waals surface area contributed by atoms with Gasteiger partial charge in [-0.05, 0) is 66.0 Å². The van der Waals surface area contributed by atoms with Gasteiger partial charge in [0.2, 0.25) is 0 Å². The molecule has 1 aromatic heterocycles. The van der Waals surface area contributed by atoms with Crippen molar-refractivity contribution in [2.75, 3.05) is 7.05 Å². The normalized spacial score (nSPS) is 12.6. The lowest BCUT2D eigenvalue weighted by Gasteiger charge is -2.17. The van der Waals surface area contributed by atoms with Crippen LogP contribution >= 0.6 is 27.3 Å². The molecule has 2 aromatic rings. The molecule has 0 aliphatic heterocycles. The fourth-order valence-electron chi connectivity index (χ4n) is 2.00. The van der Waals surface area contributed by atoms with E-state index in [-0.39, 0.29) is 0 Å². The molecule has 1 N–H and O–H groups in total. The van der Waals surface area contributed by atoms with Crippen LogP contribution in [0.4, 0.5) is 0 Å². The fourth-order valence-corrected chi connectivity index (χ4v) is 3.30. The van der Waals surface area contributed by atoms with Gasteiger partial charge in [0.25, 0.3) is 0 Å². The van der Waals surface area contributed by atoms with Crippen LogP contribution in [0.25, 0.3) is 0 Å². The lowest BCUT2D eigenvalue weighted by molar-refractivity contribution is 0.592. The van der Waals surface area contributed by atoms with Gasteiger partial charge in [0.1, 0.15) is 0 Å². The van der Waals surface area contributed by atoms with Gasteiger partial charge in [-0.3, -0.25) is 0 Å². The van der Waals surface area contributed by atoms with Crippen molar-refractivity contribution in [1.29, 1.82) is 0 Å². The van der Waals surface area contributed by atoms with Gasteiger partial charge in [0.15, 0.2) is 0 Å². The molecule has 3 heteroatoms. The van der Waals surface area contributed by atoms with E-state index < -0.39 is 0 Å². The van der Waals surface area contributed by atoms with E-state index in [0.717, 1.165) is 10.9 Å². The van der Waals surface area contributed by atoms with Crippen molar-refractivity contribution in [1.82, 2.24) is 5.32 Å². The van der Waals surface area contributed by atoms with Crippen LogP contribution in [0.15, 0.2) is 39.5 Å². The third-order valence-electron chi connectivity index (χ3n) is 2.84. The number of benzene rings is 1. The predicted molar refractivity (Wildman–Crippen MR) is 78.7 cm³/mol. The molecule has 1 atom stereocenters. The summed E-state index contributed by atoms with van der Waals surface area (Å²) < 4.78 is 1.15. The summed E-state index contributed by atoms with van der Waals surface area (Å²) >= 11 is 5.32. The van der Waals surface area contributed by atoms with E-state index in [2.05, 4.69) is 63.2 Å². The number of likely N-dealkylation sites (N-methyl/N-ethyl adjacent to an activating group) is 1. The number of hydrogen-bond donors (Lipinski definition) is 1. The van der Waals surface area contributed by atoms with E-state index >= 15 is 0 Å². The average molecular weight is 310 g/mol. The molecular weight excluding hydrogens is 294 g/mol. The van der Waals surface area contributed by atoms with Crippen molar-refractivity contribution >= 4 is 27.3 Å². The molecule has 1 heterocycles. The minimum Gasteiger partial charge on any atom is -0.313 e. The number of hydrogen-bond acceptors (Lipinski definition) is 2. The Labute approximate surface area is 115 Å². The minimum atomic E-state index is 0.376. The molecule has 0 aliphatic rings. The molecule has 2 rings (SSSR count). The maximum atomic E-state index is 3.56. The SMILES string of the molecule is CNC(Cc1ccsc1)c1cc(C)cc(Br)c1. The maximum Gasteiger partial charge on any atom is 0.0359 e. The molecule has 0 spiro atoms. The minimum absolute atomic E-state index is 0.376. The molecule has 0 radical (unpaired) electrons. The molecular formula is C14H16BrNS. The zero-order chi connectivity index (χ0) is 12.3.